The number of ether oxygens (including phenoxy) is 2. The molecule has 9 heteroatoms. The molecule has 2 heterocycles. The van der Waals surface area contributed by atoms with E-state index in [1.54, 1.807) is 24.3 Å². The number of carbonyl (C=O) groups is 1. The first kappa shape index (κ1) is 22.7. The third-order valence-electron chi connectivity index (χ3n) is 6.47. The predicted molar refractivity (Wildman–Crippen MR) is 137 cm³/mol. The molecule has 0 fully saturated rings. The van der Waals surface area contributed by atoms with Gasteiger partial charge in [0.2, 0.25) is 5.88 Å². The lowest BCUT2D eigenvalue weighted by molar-refractivity contribution is -0.0173. The van der Waals surface area contributed by atoms with E-state index in [2.05, 4.69) is 10.5 Å². The summed E-state index contributed by atoms with van der Waals surface area (Å²) in [5.74, 6) is -0.668. The normalized spacial score (nSPS) is 12.8. The summed E-state index contributed by atoms with van der Waals surface area (Å²) in [5, 5.41) is 18.8. The zero-order chi connectivity index (χ0) is 25.5. The molecule has 0 atom stereocenters. The highest BCUT2D eigenvalue weighted by molar-refractivity contribution is 6.13. The van der Waals surface area contributed by atoms with E-state index < -0.39 is 5.82 Å². The second-order valence-electron chi connectivity index (χ2n) is 8.73. The Hall–Kier alpha value is -4.76. The quantitative estimate of drug-likeness (QED) is 0.281. The first-order valence-electron chi connectivity index (χ1n) is 11.5. The van der Waals surface area contributed by atoms with Gasteiger partial charge < -0.3 is 24.5 Å². The standard InChI is InChI=1S/C28H20FN3O5/c29-19-10-17(26-18(11-19)14-36-15-37-26)13-32-24-9-8-20(12-23(24)25(31-35)28(32)34)30-27(33)22-7-3-5-16-4-1-2-6-21(16)22/h1-12,34H,13-15H2,(H,30,33). The average molecular weight is 497 g/mol. The Balaban J connectivity index is 1.37. The van der Waals surface area contributed by atoms with Crippen LogP contribution in [0.4, 0.5) is 15.8 Å². The van der Waals surface area contributed by atoms with Crippen LogP contribution in [0.3, 0.4) is 0 Å². The summed E-state index contributed by atoms with van der Waals surface area (Å²) in [6.07, 6.45) is 0. The van der Waals surface area contributed by atoms with E-state index in [1.165, 1.54) is 16.7 Å². The van der Waals surface area contributed by atoms with Gasteiger partial charge in [0.15, 0.2) is 12.5 Å². The molecule has 0 saturated heterocycles. The topological polar surface area (TPSA) is 102 Å². The molecule has 0 unspecified atom stereocenters. The van der Waals surface area contributed by atoms with Crippen molar-refractivity contribution in [2.75, 3.05) is 12.1 Å². The van der Waals surface area contributed by atoms with Gasteiger partial charge in [0.05, 0.1) is 18.7 Å². The highest BCUT2D eigenvalue weighted by Gasteiger charge is 2.23. The maximum atomic E-state index is 14.3. The van der Waals surface area contributed by atoms with Crippen LogP contribution in [0.1, 0.15) is 21.5 Å². The number of rotatable bonds is 5. The van der Waals surface area contributed by atoms with Crippen LogP contribution in [-0.4, -0.2) is 22.4 Å². The Morgan fingerprint density at radius 1 is 1.05 bits per heavy atom. The van der Waals surface area contributed by atoms with Gasteiger partial charge in [0.25, 0.3) is 5.91 Å². The van der Waals surface area contributed by atoms with Crippen LogP contribution in [0.2, 0.25) is 0 Å². The molecule has 1 aliphatic rings. The van der Waals surface area contributed by atoms with Gasteiger partial charge >= 0.3 is 0 Å². The van der Waals surface area contributed by atoms with Gasteiger partial charge in [-0.15, -0.1) is 4.91 Å². The van der Waals surface area contributed by atoms with E-state index in [1.807, 2.05) is 36.4 Å². The minimum Gasteiger partial charge on any atom is -0.493 e. The van der Waals surface area contributed by atoms with Crippen molar-refractivity contribution in [3.8, 4) is 11.6 Å². The van der Waals surface area contributed by atoms with Crippen LogP contribution in [0.15, 0.2) is 78.0 Å². The maximum Gasteiger partial charge on any atom is 0.256 e. The van der Waals surface area contributed by atoms with Crippen LogP contribution in [0.25, 0.3) is 21.7 Å². The van der Waals surface area contributed by atoms with Crippen molar-refractivity contribution in [3.05, 3.63) is 100 Å². The molecule has 0 bridgehead atoms. The first-order valence-corrected chi connectivity index (χ1v) is 11.5. The van der Waals surface area contributed by atoms with Crippen molar-refractivity contribution < 1.29 is 23.8 Å². The Labute approximate surface area is 209 Å². The number of nitroso groups, excluding NO2 is 1. The van der Waals surface area contributed by atoms with Crippen molar-refractivity contribution in [1.82, 2.24) is 4.57 Å². The smallest absolute Gasteiger partial charge is 0.256 e. The van der Waals surface area contributed by atoms with Gasteiger partial charge in [-0.3, -0.25) is 4.79 Å². The highest BCUT2D eigenvalue weighted by atomic mass is 19.1. The molecule has 1 aromatic heterocycles. The predicted octanol–water partition coefficient (Wildman–Crippen LogP) is 6.20. The Kier molecular flexibility index (Phi) is 5.54. The lowest BCUT2D eigenvalue weighted by Crippen LogP contribution is -2.14. The molecule has 6 rings (SSSR count). The summed E-state index contributed by atoms with van der Waals surface area (Å²) in [5.41, 5.74) is 2.29. The molecule has 0 radical (unpaired) electrons. The zero-order valence-electron chi connectivity index (χ0n) is 19.4. The van der Waals surface area contributed by atoms with Gasteiger partial charge in [-0.05, 0) is 52.3 Å². The number of anilines is 1. The molecule has 0 spiro atoms. The van der Waals surface area contributed by atoms with Crippen LogP contribution >= 0.6 is 0 Å². The lowest BCUT2D eigenvalue weighted by atomic mass is 10.0. The van der Waals surface area contributed by atoms with Gasteiger partial charge in [-0.2, -0.15) is 0 Å². The lowest BCUT2D eigenvalue weighted by Gasteiger charge is -2.21. The van der Waals surface area contributed by atoms with Crippen molar-refractivity contribution in [2.45, 2.75) is 13.2 Å². The monoisotopic (exact) mass is 497 g/mol. The zero-order valence-corrected chi connectivity index (χ0v) is 19.4. The number of aromatic nitrogens is 1. The van der Waals surface area contributed by atoms with E-state index >= 15 is 0 Å². The fourth-order valence-corrected chi connectivity index (χ4v) is 4.82. The largest absolute Gasteiger partial charge is 0.493 e. The molecule has 37 heavy (non-hydrogen) atoms. The van der Waals surface area contributed by atoms with Gasteiger partial charge in [0, 0.05) is 27.8 Å². The molecule has 0 saturated carbocycles. The second kappa shape index (κ2) is 9.03. The SMILES string of the molecule is O=Nc1c(O)n(Cc2cc(F)cc3c2OCOC3)c2ccc(NC(=O)c3cccc4ccccc34)cc12. The summed E-state index contributed by atoms with van der Waals surface area (Å²) >= 11 is 0. The number of amides is 1. The highest BCUT2D eigenvalue weighted by Crippen LogP contribution is 2.41. The molecule has 1 amide bonds. The summed E-state index contributed by atoms with van der Waals surface area (Å²) in [7, 11) is 0. The molecular weight excluding hydrogens is 477 g/mol. The van der Waals surface area contributed by atoms with Crippen LogP contribution < -0.4 is 10.1 Å². The molecule has 4 aromatic carbocycles. The van der Waals surface area contributed by atoms with Gasteiger partial charge in [-0.25, -0.2) is 4.39 Å². The third-order valence-corrected chi connectivity index (χ3v) is 6.47. The first-order chi connectivity index (χ1) is 18.0. The van der Waals surface area contributed by atoms with Crippen LogP contribution in [-0.2, 0) is 17.9 Å². The number of hydrogen-bond acceptors (Lipinski definition) is 6. The molecule has 2 N–H and O–H groups in total. The summed E-state index contributed by atoms with van der Waals surface area (Å²) in [6.45, 7) is 0.268. The van der Waals surface area contributed by atoms with Gasteiger partial charge in [0.1, 0.15) is 11.6 Å². The van der Waals surface area contributed by atoms with E-state index in [-0.39, 0.29) is 37.4 Å². The molecule has 0 aliphatic carbocycles. The van der Waals surface area contributed by atoms with Crippen LogP contribution in [0.5, 0.6) is 11.6 Å². The molecule has 5 aromatic rings. The number of nitrogens with one attached hydrogen (secondary N) is 1. The van der Waals surface area contributed by atoms with E-state index in [0.29, 0.717) is 39.0 Å². The van der Waals surface area contributed by atoms with Gasteiger partial charge in [-0.1, -0.05) is 36.4 Å². The Morgan fingerprint density at radius 3 is 2.76 bits per heavy atom. The maximum absolute atomic E-state index is 14.3. The average Bonchev–Trinajstić information content (AvgIpc) is 3.17. The third kappa shape index (κ3) is 3.95. The van der Waals surface area contributed by atoms with Crippen molar-refractivity contribution >= 4 is 39.0 Å². The van der Waals surface area contributed by atoms with Crippen molar-refractivity contribution in [2.24, 2.45) is 5.18 Å². The summed E-state index contributed by atoms with van der Waals surface area (Å²) in [4.78, 5) is 24.8. The number of carbonyl (C=O) groups excluding carboxylic acids is 1. The van der Waals surface area contributed by atoms with E-state index in [4.69, 9.17) is 9.47 Å². The number of hydrogen-bond donors (Lipinski definition) is 2. The Morgan fingerprint density at radius 2 is 1.89 bits per heavy atom. The second-order valence-corrected chi connectivity index (χ2v) is 8.73. The summed E-state index contributed by atoms with van der Waals surface area (Å²) < 4.78 is 26.5. The van der Waals surface area contributed by atoms with E-state index in [0.717, 1.165) is 10.8 Å². The minimum atomic E-state index is -0.467. The number of benzene rings is 4. The Bertz CT molecular complexity index is 1710. The van der Waals surface area contributed by atoms with Crippen molar-refractivity contribution in [3.63, 3.8) is 0 Å². The minimum absolute atomic E-state index is 0.0274. The number of halogens is 1. The van der Waals surface area contributed by atoms with E-state index in [9.17, 15) is 19.2 Å². The summed E-state index contributed by atoms with van der Waals surface area (Å²) in [6, 6.07) is 20.6. The molecule has 1 aliphatic heterocycles. The molecule has 8 nitrogen and oxygen atoms in total. The van der Waals surface area contributed by atoms with Crippen LogP contribution in [0, 0.1) is 10.7 Å². The fourth-order valence-electron chi connectivity index (χ4n) is 4.82. The van der Waals surface area contributed by atoms with Crippen molar-refractivity contribution in [1.29, 1.82) is 0 Å². The number of aromatic hydroxyl groups is 1. The fraction of sp³-hybridized carbons (Fsp3) is 0.107. The number of fused-ring (bicyclic) bond motifs is 3. The molecule has 184 valence electrons. The molecular formula is C28H20FN3O5. The number of nitrogens with zero attached hydrogens (tertiary/aromatic N) is 2.